The minimum Gasteiger partial charge on any atom is -0.733 e. The third-order valence-electron chi connectivity index (χ3n) is 3.26. The van der Waals surface area contributed by atoms with Gasteiger partial charge in [-0.25, -0.2) is 4.79 Å². The fraction of sp³-hybridized carbons (Fsp3) is 0.438. The molecular formula is C16H23N4O6-. The van der Waals surface area contributed by atoms with Gasteiger partial charge in [0.1, 0.15) is 0 Å². The molecule has 0 aliphatic carbocycles. The minimum absolute atomic E-state index is 0.0101. The van der Waals surface area contributed by atoms with Crippen molar-refractivity contribution in [1.82, 2.24) is 10.6 Å². The summed E-state index contributed by atoms with van der Waals surface area (Å²) in [6.45, 7) is 1.61. The van der Waals surface area contributed by atoms with E-state index in [9.17, 15) is 19.6 Å². The van der Waals surface area contributed by atoms with Crippen LogP contribution in [0, 0.1) is 5.21 Å². The Morgan fingerprint density at radius 1 is 1.19 bits per heavy atom. The van der Waals surface area contributed by atoms with Gasteiger partial charge >= 0.3 is 5.97 Å². The van der Waals surface area contributed by atoms with Gasteiger partial charge in [0.15, 0.2) is 6.61 Å². The molecule has 0 heterocycles. The van der Waals surface area contributed by atoms with Gasteiger partial charge in [0.05, 0.1) is 23.5 Å². The predicted molar refractivity (Wildman–Crippen MR) is 95.0 cm³/mol. The van der Waals surface area contributed by atoms with Crippen LogP contribution in [0.15, 0.2) is 18.2 Å². The summed E-state index contributed by atoms with van der Waals surface area (Å²) in [6, 6.07) is 3.95. The van der Waals surface area contributed by atoms with Crippen LogP contribution in [0.25, 0.3) is 0 Å². The van der Waals surface area contributed by atoms with Gasteiger partial charge in [0.2, 0.25) is 5.91 Å². The summed E-state index contributed by atoms with van der Waals surface area (Å²) in [5, 5.41) is 24.5. The molecule has 0 aliphatic heterocycles. The van der Waals surface area contributed by atoms with Crippen LogP contribution in [-0.2, 0) is 14.3 Å². The zero-order chi connectivity index (χ0) is 19.7. The van der Waals surface area contributed by atoms with Gasteiger partial charge < -0.3 is 30.7 Å². The van der Waals surface area contributed by atoms with Crippen LogP contribution < -0.4 is 20.8 Å². The molecule has 3 N–H and O–H groups in total. The summed E-state index contributed by atoms with van der Waals surface area (Å²) in [5.41, 5.74) is 0.301. The lowest BCUT2D eigenvalue weighted by molar-refractivity contribution is -0.127. The predicted octanol–water partition coefficient (Wildman–Crippen LogP) is 0.245. The third kappa shape index (κ3) is 6.57. The van der Waals surface area contributed by atoms with Gasteiger partial charge in [-0.1, -0.05) is 6.92 Å². The highest BCUT2D eigenvalue weighted by Gasteiger charge is 2.17. The number of benzene rings is 1. The molecule has 144 valence electrons. The second kappa shape index (κ2) is 10.2. The van der Waals surface area contributed by atoms with Crippen LogP contribution in [-0.4, -0.2) is 56.8 Å². The molecule has 0 radical (unpaired) electrons. The molecule has 1 aromatic carbocycles. The number of carbonyl (C=O) groups is 3. The lowest BCUT2D eigenvalue weighted by Crippen LogP contribution is -2.39. The van der Waals surface area contributed by atoms with Crippen molar-refractivity contribution in [2.24, 2.45) is 0 Å². The summed E-state index contributed by atoms with van der Waals surface area (Å²) in [6.07, 6.45) is 0.777. The number of esters is 1. The van der Waals surface area contributed by atoms with Crippen molar-refractivity contribution in [2.45, 2.75) is 13.3 Å². The van der Waals surface area contributed by atoms with Crippen LogP contribution >= 0.6 is 0 Å². The van der Waals surface area contributed by atoms with Crippen LogP contribution in [0.1, 0.15) is 23.7 Å². The molecule has 0 fully saturated rings. The van der Waals surface area contributed by atoms with E-state index in [1.165, 1.54) is 12.1 Å². The first-order valence-electron chi connectivity index (χ1n) is 7.94. The Hall–Kier alpha value is -2.85. The number of amides is 2. The van der Waals surface area contributed by atoms with E-state index in [0.717, 1.165) is 12.5 Å². The van der Waals surface area contributed by atoms with Crippen molar-refractivity contribution in [1.29, 1.82) is 0 Å². The van der Waals surface area contributed by atoms with E-state index in [2.05, 4.69) is 10.6 Å². The van der Waals surface area contributed by atoms with Gasteiger partial charge in [0.25, 0.3) is 5.91 Å². The Balaban J connectivity index is 2.65. The highest BCUT2D eigenvalue weighted by atomic mass is 16.8. The topological polar surface area (TPSA) is 134 Å². The number of anilines is 2. The molecule has 0 spiro atoms. The van der Waals surface area contributed by atoms with Gasteiger partial charge in [-0.05, 0) is 24.6 Å². The second-order valence-corrected chi connectivity index (χ2v) is 5.57. The number of hydrogen-bond acceptors (Lipinski definition) is 8. The molecule has 0 saturated heterocycles. The molecular weight excluding hydrogens is 344 g/mol. The van der Waals surface area contributed by atoms with Crippen LogP contribution in [0.2, 0.25) is 0 Å². The number of ether oxygens (including phenoxy) is 1. The van der Waals surface area contributed by atoms with Crippen molar-refractivity contribution < 1.29 is 24.3 Å². The molecule has 26 heavy (non-hydrogen) atoms. The fourth-order valence-electron chi connectivity index (χ4n) is 1.96. The van der Waals surface area contributed by atoms with Gasteiger partial charge in [-0.15, -0.1) is 0 Å². The summed E-state index contributed by atoms with van der Waals surface area (Å²) < 4.78 is 4.92. The molecule has 0 saturated carbocycles. The zero-order valence-corrected chi connectivity index (χ0v) is 14.9. The molecule has 0 aliphatic rings. The molecule has 0 unspecified atom stereocenters. The Labute approximate surface area is 151 Å². The number of hydrogen-bond donors (Lipinski definition) is 3. The van der Waals surface area contributed by atoms with Crippen LogP contribution in [0.5, 0.6) is 0 Å². The maximum absolute atomic E-state index is 12.2. The first-order valence-corrected chi connectivity index (χ1v) is 7.94. The average Bonchev–Trinajstić information content (AvgIpc) is 2.61. The van der Waals surface area contributed by atoms with E-state index in [-0.39, 0.29) is 28.9 Å². The van der Waals surface area contributed by atoms with Gasteiger partial charge in [-0.2, -0.15) is 0 Å². The highest BCUT2D eigenvalue weighted by molar-refractivity contribution is 5.98. The maximum atomic E-state index is 12.2. The number of rotatable bonds is 9. The lowest BCUT2D eigenvalue weighted by atomic mass is 10.1. The quantitative estimate of drug-likeness (QED) is 0.417. The summed E-state index contributed by atoms with van der Waals surface area (Å²) in [7, 11) is 3.36. The van der Waals surface area contributed by atoms with E-state index < -0.39 is 18.5 Å². The Kier molecular flexibility index (Phi) is 8.32. The van der Waals surface area contributed by atoms with Crippen molar-refractivity contribution in [2.75, 3.05) is 43.9 Å². The number of nitrogens with one attached hydrogen (secondary N) is 2. The molecule has 1 aromatic rings. The number of nitrogens with zero attached hydrogens (tertiary/aromatic N) is 2. The molecule has 0 atom stereocenters. The number of carbonyl (C=O) groups excluding carboxylic acids is 3. The van der Waals surface area contributed by atoms with Crippen LogP contribution in [0.4, 0.5) is 11.4 Å². The van der Waals surface area contributed by atoms with Crippen molar-refractivity contribution >= 4 is 29.2 Å². The molecule has 0 aromatic heterocycles. The Morgan fingerprint density at radius 2 is 1.88 bits per heavy atom. The van der Waals surface area contributed by atoms with Crippen LogP contribution in [0.3, 0.4) is 0 Å². The molecule has 1 rings (SSSR count). The molecule has 10 nitrogen and oxygen atoms in total. The fourth-order valence-corrected chi connectivity index (χ4v) is 1.96. The smallest absolute Gasteiger partial charge is 0.340 e. The van der Waals surface area contributed by atoms with E-state index in [1.807, 2.05) is 6.92 Å². The zero-order valence-electron chi connectivity index (χ0n) is 14.9. The minimum atomic E-state index is -0.844. The van der Waals surface area contributed by atoms with E-state index in [0.29, 0.717) is 12.2 Å². The second-order valence-electron chi connectivity index (χ2n) is 5.57. The SMILES string of the molecule is CCCNC(=O)CNC(=O)COC(=O)c1cc(N([O-])O)ccc1N(C)C. The third-order valence-corrected chi connectivity index (χ3v) is 3.26. The molecule has 0 bridgehead atoms. The van der Waals surface area contributed by atoms with Crippen molar-refractivity contribution in [3.63, 3.8) is 0 Å². The standard InChI is InChI=1S/C16H23N4O6/c1-4-7-17-14(21)9-18-15(22)10-26-16(23)12-8-11(20(24)25)5-6-13(12)19(2)3/h5-6,8,24H,4,7,9-10H2,1-3H3,(H,17,21)(H,18,22)/q-1. The Bertz CT molecular complexity index is 648. The van der Waals surface area contributed by atoms with Crippen molar-refractivity contribution in [3.05, 3.63) is 29.0 Å². The highest BCUT2D eigenvalue weighted by Crippen LogP contribution is 2.25. The average molecular weight is 367 g/mol. The first kappa shape index (κ1) is 21.2. The van der Waals surface area contributed by atoms with Gasteiger partial charge in [0, 0.05) is 20.6 Å². The lowest BCUT2D eigenvalue weighted by Gasteiger charge is -2.24. The normalized spacial score (nSPS) is 10.0. The summed E-state index contributed by atoms with van der Waals surface area (Å²) in [5.74, 6) is -1.82. The van der Waals surface area contributed by atoms with E-state index in [1.54, 1.807) is 19.0 Å². The van der Waals surface area contributed by atoms with Gasteiger partial charge in [-0.3, -0.25) is 14.8 Å². The summed E-state index contributed by atoms with van der Waals surface area (Å²) in [4.78, 5) is 36.9. The maximum Gasteiger partial charge on any atom is 0.340 e. The monoisotopic (exact) mass is 367 g/mol. The van der Waals surface area contributed by atoms with Crippen molar-refractivity contribution in [3.8, 4) is 0 Å². The molecule has 10 heteroatoms. The molecule has 2 amide bonds. The largest absolute Gasteiger partial charge is 0.733 e. The first-order chi connectivity index (χ1) is 12.3. The Morgan fingerprint density at radius 3 is 2.46 bits per heavy atom. The van der Waals surface area contributed by atoms with E-state index in [4.69, 9.17) is 9.94 Å². The summed E-state index contributed by atoms with van der Waals surface area (Å²) >= 11 is 0. The van der Waals surface area contributed by atoms with E-state index >= 15 is 0 Å².